The molecule has 0 bridgehead atoms. The minimum absolute atomic E-state index is 0.170. The van der Waals surface area contributed by atoms with Crippen molar-refractivity contribution < 1.29 is 9.53 Å². The normalized spacial score (nSPS) is 12.2. The Hall–Kier alpha value is -1.10. The van der Waals surface area contributed by atoms with Gasteiger partial charge in [0.2, 0.25) is 5.91 Å². The lowest BCUT2D eigenvalue weighted by atomic mass is 10.2. The van der Waals surface area contributed by atoms with E-state index >= 15 is 0 Å². The third kappa shape index (κ3) is 3.70. The van der Waals surface area contributed by atoms with Crippen molar-refractivity contribution in [3.63, 3.8) is 0 Å². The number of carbonyl (C=O) groups is 1. The second kappa shape index (κ2) is 6.59. The molecule has 0 spiro atoms. The van der Waals surface area contributed by atoms with Crippen LogP contribution in [0.3, 0.4) is 0 Å². The predicted molar refractivity (Wildman–Crippen MR) is 69.3 cm³/mol. The molecule has 17 heavy (non-hydrogen) atoms. The Morgan fingerprint density at radius 2 is 2.29 bits per heavy atom. The molecule has 2 N–H and O–H groups in total. The molecular formula is C12H17ClN2O2. The zero-order valence-electron chi connectivity index (χ0n) is 10.0. The molecule has 0 aliphatic carbocycles. The van der Waals surface area contributed by atoms with Crippen LogP contribution in [-0.4, -0.2) is 32.2 Å². The molecule has 0 fully saturated rings. The highest BCUT2D eigenvalue weighted by Gasteiger charge is 2.21. The predicted octanol–water partition coefficient (Wildman–Crippen LogP) is 1.67. The van der Waals surface area contributed by atoms with Gasteiger partial charge in [0.1, 0.15) is 6.04 Å². The number of methoxy groups -OCH3 is 1. The van der Waals surface area contributed by atoms with Crippen molar-refractivity contribution in [3.05, 3.63) is 29.3 Å². The summed E-state index contributed by atoms with van der Waals surface area (Å²) >= 11 is 5.90. The summed E-state index contributed by atoms with van der Waals surface area (Å²) in [6.07, 6.45) is 0. The first-order valence-electron chi connectivity index (χ1n) is 5.41. The number of nitrogens with zero attached hydrogens (tertiary/aromatic N) is 1. The maximum atomic E-state index is 12.1. The molecule has 0 saturated heterocycles. The number of carbonyl (C=O) groups excluding carboxylic acids is 1. The van der Waals surface area contributed by atoms with Crippen molar-refractivity contribution in [2.24, 2.45) is 5.73 Å². The molecule has 1 aromatic rings. The molecule has 94 valence electrons. The Morgan fingerprint density at radius 1 is 1.59 bits per heavy atom. The van der Waals surface area contributed by atoms with Crippen LogP contribution in [0, 0.1) is 0 Å². The third-order valence-corrected chi connectivity index (χ3v) is 2.60. The zero-order valence-corrected chi connectivity index (χ0v) is 10.8. The van der Waals surface area contributed by atoms with Gasteiger partial charge in [-0.2, -0.15) is 0 Å². The summed E-state index contributed by atoms with van der Waals surface area (Å²) in [7, 11) is 1.52. The zero-order chi connectivity index (χ0) is 12.8. The van der Waals surface area contributed by atoms with E-state index in [0.29, 0.717) is 11.6 Å². The average Bonchev–Trinajstić information content (AvgIpc) is 2.30. The van der Waals surface area contributed by atoms with Crippen molar-refractivity contribution in [3.8, 4) is 0 Å². The Labute approximate surface area is 106 Å². The van der Waals surface area contributed by atoms with Crippen molar-refractivity contribution in [2.75, 3.05) is 25.2 Å². The van der Waals surface area contributed by atoms with Crippen LogP contribution < -0.4 is 10.6 Å². The second-order valence-electron chi connectivity index (χ2n) is 3.62. The topological polar surface area (TPSA) is 55.6 Å². The van der Waals surface area contributed by atoms with Crippen LogP contribution in [0.15, 0.2) is 24.3 Å². The highest BCUT2D eigenvalue weighted by atomic mass is 35.5. The van der Waals surface area contributed by atoms with Crippen molar-refractivity contribution >= 4 is 23.2 Å². The maximum Gasteiger partial charge on any atom is 0.246 e. The molecular weight excluding hydrogens is 240 g/mol. The van der Waals surface area contributed by atoms with Gasteiger partial charge in [0.05, 0.1) is 6.61 Å². The summed E-state index contributed by atoms with van der Waals surface area (Å²) < 4.78 is 4.88. The number of rotatable bonds is 5. The van der Waals surface area contributed by atoms with E-state index in [9.17, 15) is 4.79 Å². The Morgan fingerprint density at radius 3 is 2.82 bits per heavy atom. The Bertz CT molecular complexity index is 385. The van der Waals surface area contributed by atoms with Gasteiger partial charge in [-0.05, 0) is 25.1 Å². The molecule has 0 aromatic heterocycles. The third-order valence-electron chi connectivity index (χ3n) is 2.37. The SMILES string of the molecule is CCN(C(=O)C(N)COC)c1cccc(Cl)c1. The van der Waals surface area contributed by atoms with Gasteiger partial charge in [-0.25, -0.2) is 0 Å². The second-order valence-corrected chi connectivity index (χ2v) is 4.06. The minimum atomic E-state index is -0.654. The van der Waals surface area contributed by atoms with Crippen LogP contribution >= 0.6 is 11.6 Å². The maximum absolute atomic E-state index is 12.1. The van der Waals surface area contributed by atoms with Crippen LogP contribution in [0.25, 0.3) is 0 Å². The van der Waals surface area contributed by atoms with Crippen LogP contribution in [0.4, 0.5) is 5.69 Å². The van der Waals surface area contributed by atoms with Gasteiger partial charge in [-0.1, -0.05) is 17.7 Å². The first kappa shape index (κ1) is 14.0. The fourth-order valence-corrected chi connectivity index (χ4v) is 1.75. The summed E-state index contributed by atoms with van der Waals surface area (Å²) in [5, 5.41) is 0.592. The van der Waals surface area contributed by atoms with Crippen molar-refractivity contribution in [1.82, 2.24) is 0 Å². The van der Waals surface area contributed by atoms with Gasteiger partial charge >= 0.3 is 0 Å². The summed E-state index contributed by atoms with van der Waals surface area (Å²) in [5.41, 5.74) is 6.48. The number of anilines is 1. The van der Waals surface area contributed by atoms with Gasteiger partial charge in [-0.3, -0.25) is 4.79 Å². The van der Waals surface area contributed by atoms with Gasteiger partial charge in [0, 0.05) is 24.4 Å². The molecule has 1 rings (SSSR count). The number of nitrogens with two attached hydrogens (primary N) is 1. The van der Waals surface area contributed by atoms with E-state index in [2.05, 4.69) is 0 Å². The number of benzene rings is 1. The van der Waals surface area contributed by atoms with E-state index in [4.69, 9.17) is 22.1 Å². The number of amides is 1. The molecule has 0 saturated carbocycles. The van der Waals surface area contributed by atoms with E-state index in [1.165, 1.54) is 7.11 Å². The lowest BCUT2D eigenvalue weighted by Crippen LogP contribution is -2.46. The molecule has 0 heterocycles. The average molecular weight is 257 g/mol. The summed E-state index contributed by atoms with van der Waals surface area (Å²) in [4.78, 5) is 13.6. The molecule has 0 aliphatic rings. The Kier molecular flexibility index (Phi) is 5.41. The fourth-order valence-electron chi connectivity index (χ4n) is 1.56. The summed E-state index contributed by atoms with van der Waals surface area (Å²) in [6.45, 7) is 2.63. The molecule has 1 atom stereocenters. The van der Waals surface area contributed by atoms with Gasteiger partial charge in [-0.15, -0.1) is 0 Å². The fraction of sp³-hybridized carbons (Fsp3) is 0.417. The van der Waals surface area contributed by atoms with Crippen molar-refractivity contribution in [1.29, 1.82) is 0 Å². The molecule has 0 aliphatic heterocycles. The number of hydrogen-bond acceptors (Lipinski definition) is 3. The van der Waals surface area contributed by atoms with E-state index < -0.39 is 6.04 Å². The molecule has 1 aromatic carbocycles. The van der Waals surface area contributed by atoms with Crippen LogP contribution in [-0.2, 0) is 9.53 Å². The monoisotopic (exact) mass is 256 g/mol. The lowest BCUT2D eigenvalue weighted by molar-refractivity contribution is -0.120. The molecule has 0 radical (unpaired) electrons. The summed E-state index contributed by atoms with van der Waals surface area (Å²) in [6, 6.07) is 6.47. The van der Waals surface area contributed by atoms with Crippen LogP contribution in [0.2, 0.25) is 5.02 Å². The number of halogens is 1. The number of hydrogen-bond donors (Lipinski definition) is 1. The summed E-state index contributed by atoms with van der Waals surface area (Å²) in [5.74, 6) is -0.170. The minimum Gasteiger partial charge on any atom is -0.383 e. The van der Waals surface area contributed by atoms with E-state index in [0.717, 1.165) is 5.69 Å². The smallest absolute Gasteiger partial charge is 0.246 e. The van der Waals surface area contributed by atoms with E-state index in [-0.39, 0.29) is 12.5 Å². The molecule has 4 nitrogen and oxygen atoms in total. The van der Waals surface area contributed by atoms with Crippen LogP contribution in [0.1, 0.15) is 6.92 Å². The quantitative estimate of drug-likeness (QED) is 0.872. The largest absolute Gasteiger partial charge is 0.383 e. The van der Waals surface area contributed by atoms with Gasteiger partial charge in [0.15, 0.2) is 0 Å². The first-order chi connectivity index (χ1) is 8.10. The highest BCUT2D eigenvalue weighted by Crippen LogP contribution is 2.19. The van der Waals surface area contributed by atoms with Crippen molar-refractivity contribution in [2.45, 2.75) is 13.0 Å². The first-order valence-corrected chi connectivity index (χ1v) is 5.79. The molecule has 1 amide bonds. The highest BCUT2D eigenvalue weighted by molar-refractivity contribution is 6.30. The van der Waals surface area contributed by atoms with Gasteiger partial charge < -0.3 is 15.4 Å². The Balaban J connectivity index is 2.88. The van der Waals surface area contributed by atoms with E-state index in [1.54, 1.807) is 23.1 Å². The molecule has 1 unspecified atom stereocenters. The van der Waals surface area contributed by atoms with Gasteiger partial charge in [0.25, 0.3) is 0 Å². The standard InChI is InChI=1S/C12H17ClN2O2/c1-3-15(12(16)11(14)8-17-2)10-6-4-5-9(13)7-10/h4-7,11H,3,8,14H2,1-2H3. The number of ether oxygens (including phenoxy) is 1. The molecule has 5 heteroatoms. The lowest BCUT2D eigenvalue weighted by Gasteiger charge is -2.24. The number of likely N-dealkylation sites (N-methyl/N-ethyl adjacent to an activating group) is 1. The van der Waals surface area contributed by atoms with E-state index in [1.807, 2.05) is 13.0 Å². The van der Waals surface area contributed by atoms with Crippen LogP contribution in [0.5, 0.6) is 0 Å².